The average molecular weight is 322 g/mol. The third-order valence-corrected chi connectivity index (χ3v) is 6.04. The topological polar surface area (TPSA) is 61.0 Å². The molecule has 0 radical (unpaired) electrons. The third kappa shape index (κ3) is 1.91. The van der Waals surface area contributed by atoms with Gasteiger partial charge in [-0.15, -0.1) is 0 Å². The van der Waals surface area contributed by atoms with Crippen molar-refractivity contribution >= 4 is 11.6 Å². The highest BCUT2D eigenvalue weighted by Gasteiger charge is 2.46. The number of nitrogens with one attached hydrogen (secondary N) is 2. The van der Waals surface area contributed by atoms with Crippen LogP contribution in [0.3, 0.4) is 0 Å². The number of carbonyl (C=O) groups excluding carboxylic acids is 1. The van der Waals surface area contributed by atoms with E-state index < -0.39 is 0 Å². The number of hydrogen-bond acceptors (Lipinski definition) is 3. The lowest BCUT2D eigenvalue weighted by Gasteiger charge is -2.24. The van der Waals surface area contributed by atoms with E-state index in [0.717, 1.165) is 43.0 Å². The zero-order valence-corrected chi connectivity index (χ0v) is 13.8. The monoisotopic (exact) mass is 322 g/mol. The fourth-order valence-electron chi connectivity index (χ4n) is 4.82. The van der Waals surface area contributed by atoms with Crippen LogP contribution in [0, 0.1) is 0 Å². The van der Waals surface area contributed by atoms with Crippen LogP contribution in [-0.4, -0.2) is 29.2 Å². The Kier molecular flexibility index (Phi) is 3.07. The van der Waals surface area contributed by atoms with Gasteiger partial charge in [0.05, 0.1) is 0 Å². The van der Waals surface area contributed by atoms with Crippen LogP contribution < -0.4 is 10.2 Å². The molecule has 3 heterocycles. The molecule has 2 aliphatic heterocycles. The summed E-state index contributed by atoms with van der Waals surface area (Å²) in [6.45, 7) is 2.48. The molecule has 5 nitrogen and oxygen atoms in total. The molecule has 5 rings (SSSR count). The number of benzene rings is 1. The quantitative estimate of drug-likeness (QED) is 0.848. The SMILES string of the molecule is O=C(c1n[nH]c2c1CNCC2)N1CC2(CCCC2)c2ccccc21. The maximum atomic E-state index is 13.3. The summed E-state index contributed by atoms with van der Waals surface area (Å²) < 4.78 is 0. The first-order valence-electron chi connectivity index (χ1n) is 8.97. The number of H-pyrrole nitrogens is 1. The van der Waals surface area contributed by atoms with Crippen molar-refractivity contribution in [2.45, 2.75) is 44.1 Å². The van der Waals surface area contributed by atoms with E-state index in [2.05, 4.69) is 33.7 Å². The molecule has 2 aromatic rings. The fraction of sp³-hybridized carbons (Fsp3) is 0.474. The van der Waals surface area contributed by atoms with Gasteiger partial charge in [-0.25, -0.2) is 0 Å². The molecule has 1 fully saturated rings. The summed E-state index contributed by atoms with van der Waals surface area (Å²) in [4.78, 5) is 15.3. The fourth-order valence-corrected chi connectivity index (χ4v) is 4.82. The Morgan fingerprint density at radius 1 is 1.21 bits per heavy atom. The molecule has 0 unspecified atom stereocenters. The van der Waals surface area contributed by atoms with Gasteiger partial charge >= 0.3 is 0 Å². The van der Waals surface area contributed by atoms with Crippen LogP contribution in [0.4, 0.5) is 5.69 Å². The molecule has 0 bridgehead atoms. The van der Waals surface area contributed by atoms with Gasteiger partial charge in [0.25, 0.3) is 5.91 Å². The van der Waals surface area contributed by atoms with Crippen LogP contribution >= 0.6 is 0 Å². The Morgan fingerprint density at radius 2 is 2.04 bits per heavy atom. The Labute approximate surface area is 141 Å². The highest BCUT2D eigenvalue weighted by atomic mass is 16.2. The van der Waals surface area contributed by atoms with Crippen LogP contribution in [0.5, 0.6) is 0 Å². The molecule has 0 saturated heterocycles. The Balaban J connectivity index is 1.55. The number of nitrogens with zero attached hydrogens (tertiary/aromatic N) is 2. The van der Waals surface area contributed by atoms with Crippen LogP contribution in [0.1, 0.15) is 53.0 Å². The van der Waals surface area contributed by atoms with E-state index in [0.29, 0.717) is 5.69 Å². The van der Waals surface area contributed by atoms with Gasteiger partial charge in [-0.3, -0.25) is 9.89 Å². The number of amides is 1. The van der Waals surface area contributed by atoms with E-state index in [1.165, 1.54) is 31.2 Å². The smallest absolute Gasteiger partial charge is 0.279 e. The number of anilines is 1. The lowest BCUT2D eigenvalue weighted by atomic mass is 9.81. The van der Waals surface area contributed by atoms with Crippen molar-refractivity contribution in [1.82, 2.24) is 15.5 Å². The number of para-hydroxylation sites is 1. The molecule has 0 atom stereocenters. The van der Waals surface area contributed by atoms with Crippen LogP contribution in [0.25, 0.3) is 0 Å². The average Bonchev–Trinajstić information content (AvgIpc) is 3.34. The zero-order valence-electron chi connectivity index (χ0n) is 13.8. The number of carbonyl (C=O) groups is 1. The minimum absolute atomic E-state index is 0.0485. The van der Waals surface area contributed by atoms with Crippen molar-refractivity contribution < 1.29 is 4.79 Å². The second-order valence-corrected chi connectivity index (χ2v) is 7.35. The molecule has 2 N–H and O–H groups in total. The molecule has 24 heavy (non-hydrogen) atoms. The van der Waals surface area contributed by atoms with Crippen molar-refractivity contribution in [1.29, 1.82) is 0 Å². The molecular weight excluding hydrogens is 300 g/mol. The normalized spacial score (nSPS) is 21.1. The summed E-state index contributed by atoms with van der Waals surface area (Å²) in [5, 5.41) is 10.8. The zero-order chi connectivity index (χ0) is 16.1. The van der Waals surface area contributed by atoms with E-state index in [9.17, 15) is 4.79 Å². The molecule has 3 aliphatic rings. The lowest BCUT2D eigenvalue weighted by molar-refractivity contribution is 0.0979. The molecule has 1 amide bonds. The van der Waals surface area contributed by atoms with Crippen molar-refractivity contribution in [3.05, 3.63) is 46.8 Å². The second kappa shape index (κ2) is 5.18. The van der Waals surface area contributed by atoms with Gasteiger partial charge in [-0.2, -0.15) is 5.10 Å². The van der Waals surface area contributed by atoms with Crippen LogP contribution in [0.2, 0.25) is 0 Å². The minimum atomic E-state index is 0.0485. The highest BCUT2D eigenvalue weighted by molar-refractivity contribution is 6.07. The Hall–Kier alpha value is -2.14. The summed E-state index contributed by atoms with van der Waals surface area (Å²) >= 11 is 0. The van der Waals surface area contributed by atoms with Gasteiger partial charge in [0.2, 0.25) is 0 Å². The van der Waals surface area contributed by atoms with Gasteiger partial charge in [0, 0.05) is 48.4 Å². The largest absolute Gasteiger partial charge is 0.312 e. The van der Waals surface area contributed by atoms with Gasteiger partial charge in [-0.1, -0.05) is 31.0 Å². The van der Waals surface area contributed by atoms with Gasteiger partial charge < -0.3 is 10.2 Å². The molecule has 124 valence electrons. The standard InChI is InChI=1S/C19H22N4O/c24-18(17-13-11-20-10-7-15(13)21-22-17)23-12-19(8-3-4-9-19)14-5-1-2-6-16(14)23/h1-2,5-6,20H,3-4,7-12H2,(H,21,22). The van der Waals surface area contributed by atoms with Crippen molar-refractivity contribution in [3.63, 3.8) is 0 Å². The van der Waals surface area contributed by atoms with E-state index in [-0.39, 0.29) is 11.3 Å². The molecule has 1 aliphatic carbocycles. The summed E-state index contributed by atoms with van der Waals surface area (Å²) in [5.41, 5.74) is 5.38. The van der Waals surface area contributed by atoms with Gasteiger partial charge in [0.15, 0.2) is 5.69 Å². The predicted molar refractivity (Wildman–Crippen MR) is 92.3 cm³/mol. The van der Waals surface area contributed by atoms with E-state index in [1.807, 2.05) is 11.0 Å². The van der Waals surface area contributed by atoms with Crippen molar-refractivity contribution in [3.8, 4) is 0 Å². The Morgan fingerprint density at radius 3 is 2.92 bits per heavy atom. The number of aromatic amines is 1. The van der Waals surface area contributed by atoms with E-state index >= 15 is 0 Å². The van der Waals surface area contributed by atoms with Gasteiger partial charge in [-0.05, 0) is 24.5 Å². The lowest BCUT2D eigenvalue weighted by Crippen LogP contribution is -2.36. The number of hydrogen-bond donors (Lipinski definition) is 2. The van der Waals surface area contributed by atoms with Crippen molar-refractivity contribution in [2.24, 2.45) is 0 Å². The summed E-state index contributed by atoms with van der Waals surface area (Å²) in [7, 11) is 0. The van der Waals surface area contributed by atoms with Crippen LogP contribution in [0.15, 0.2) is 24.3 Å². The molecule has 1 aromatic heterocycles. The summed E-state index contributed by atoms with van der Waals surface area (Å²) in [5.74, 6) is 0.0485. The van der Waals surface area contributed by atoms with Crippen molar-refractivity contribution in [2.75, 3.05) is 18.0 Å². The first-order chi connectivity index (χ1) is 11.8. The van der Waals surface area contributed by atoms with Crippen LogP contribution in [-0.2, 0) is 18.4 Å². The first kappa shape index (κ1) is 14.2. The molecule has 1 aromatic carbocycles. The summed E-state index contributed by atoms with van der Waals surface area (Å²) in [6, 6.07) is 8.45. The first-order valence-corrected chi connectivity index (χ1v) is 8.97. The number of aromatic nitrogens is 2. The number of rotatable bonds is 1. The molecule has 1 spiro atoms. The molecular formula is C19H22N4O. The number of fused-ring (bicyclic) bond motifs is 3. The maximum absolute atomic E-state index is 13.3. The minimum Gasteiger partial charge on any atom is -0.312 e. The second-order valence-electron chi connectivity index (χ2n) is 7.35. The third-order valence-electron chi connectivity index (χ3n) is 6.04. The van der Waals surface area contributed by atoms with E-state index in [1.54, 1.807) is 0 Å². The highest BCUT2D eigenvalue weighted by Crippen LogP contribution is 2.50. The maximum Gasteiger partial charge on any atom is 0.279 e. The predicted octanol–water partition coefficient (Wildman–Crippen LogP) is 2.53. The molecule has 1 saturated carbocycles. The summed E-state index contributed by atoms with van der Waals surface area (Å²) in [6.07, 6.45) is 5.81. The Bertz CT molecular complexity index is 803. The molecule has 5 heteroatoms. The van der Waals surface area contributed by atoms with Gasteiger partial charge in [0.1, 0.15) is 0 Å². The van der Waals surface area contributed by atoms with E-state index in [4.69, 9.17) is 0 Å².